The highest BCUT2D eigenvalue weighted by Gasteiger charge is 2.35. The third kappa shape index (κ3) is 2.74. The zero-order valence-electron chi connectivity index (χ0n) is 11.3. The van der Waals surface area contributed by atoms with E-state index in [9.17, 15) is 0 Å². The van der Waals surface area contributed by atoms with Gasteiger partial charge in [-0.15, -0.1) is 0 Å². The van der Waals surface area contributed by atoms with Crippen LogP contribution in [0, 0.1) is 0 Å². The zero-order chi connectivity index (χ0) is 13.0. The number of benzene rings is 1. The van der Waals surface area contributed by atoms with Gasteiger partial charge in [-0.3, -0.25) is 0 Å². The summed E-state index contributed by atoms with van der Waals surface area (Å²) in [6.07, 6.45) is 1.66. The fourth-order valence-electron chi connectivity index (χ4n) is 2.34. The molecule has 1 aliphatic rings. The normalized spacial score (nSPS) is 19.1. The molecule has 0 atom stereocenters. The van der Waals surface area contributed by atoms with E-state index >= 15 is 0 Å². The highest BCUT2D eigenvalue weighted by Crippen LogP contribution is 2.34. The van der Waals surface area contributed by atoms with Gasteiger partial charge in [0.05, 0.1) is 13.2 Å². The van der Waals surface area contributed by atoms with Gasteiger partial charge in [0.25, 0.3) is 0 Å². The summed E-state index contributed by atoms with van der Waals surface area (Å²) in [7, 11) is 0. The Labute approximate surface area is 109 Å². The van der Waals surface area contributed by atoms with Gasteiger partial charge in [0.15, 0.2) is 5.79 Å². The predicted octanol–water partition coefficient (Wildman–Crippen LogP) is 2.75. The first-order chi connectivity index (χ1) is 8.68. The Hall–Kier alpha value is -0.900. The van der Waals surface area contributed by atoms with E-state index in [4.69, 9.17) is 15.2 Å². The van der Waals surface area contributed by atoms with Crippen LogP contribution in [0.15, 0.2) is 24.3 Å². The van der Waals surface area contributed by atoms with Crippen molar-refractivity contribution in [1.82, 2.24) is 0 Å². The van der Waals surface area contributed by atoms with Gasteiger partial charge < -0.3 is 15.2 Å². The third-order valence-corrected chi connectivity index (χ3v) is 3.45. The lowest BCUT2D eigenvalue weighted by Gasteiger charge is -2.37. The van der Waals surface area contributed by atoms with E-state index in [1.807, 2.05) is 0 Å². The van der Waals surface area contributed by atoms with Gasteiger partial charge >= 0.3 is 0 Å². The summed E-state index contributed by atoms with van der Waals surface area (Å²) in [6, 6.07) is 8.52. The molecule has 0 radical (unpaired) electrons. The Kier molecular flexibility index (Phi) is 4.38. The first-order valence-corrected chi connectivity index (χ1v) is 6.76. The number of hydrogen-bond acceptors (Lipinski definition) is 3. The smallest absolute Gasteiger partial charge is 0.195 e. The SMILES string of the molecule is CC(C)c1ccc(C2(CCN)OCCCO2)cc1. The second-order valence-corrected chi connectivity index (χ2v) is 5.12. The van der Waals surface area contributed by atoms with Crippen LogP contribution in [0.2, 0.25) is 0 Å². The van der Waals surface area contributed by atoms with Crippen LogP contribution in [0.1, 0.15) is 43.7 Å². The van der Waals surface area contributed by atoms with Crippen molar-refractivity contribution in [2.24, 2.45) is 5.73 Å². The average molecular weight is 249 g/mol. The summed E-state index contributed by atoms with van der Waals surface area (Å²) in [5, 5.41) is 0. The van der Waals surface area contributed by atoms with Crippen LogP contribution in [-0.4, -0.2) is 19.8 Å². The molecule has 2 rings (SSSR count). The molecular weight excluding hydrogens is 226 g/mol. The van der Waals surface area contributed by atoms with Crippen molar-refractivity contribution < 1.29 is 9.47 Å². The molecule has 0 amide bonds. The molecule has 3 heteroatoms. The van der Waals surface area contributed by atoms with E-state index in [0.717, 1.165) is 25.2 Å². The van der Waals surface area contributed by atoms with Gasteiger partial charge in [-0.1, -0.05) is 38.1 Å². The Morgan fingerprint density at radius 3 is 2.28 bits per heavy atom. The summed E-state index contributed by atoms with van der Waals surface area (Å²) in [5.41, 5.74) is 8.11. The average Bonchev–Trinajstić information content (AvgIpc) is 2.40. The lowest BCUT2D eigenvalue weighted by molar-refractivity contribution is -0.278. The molecule has 1 aliphatic heterocycles. The Bertz CT molecular complexity index is 361. The van der Waals surface area contributed by atoms with Crippen LogP contribution < -0.4 is 5.73 Å². The maximum absolute atomic E-state index is 5.89. The maximum atomic E-state index is 5.89. The van der Waals surface area contributed by atoms with E-state index in [1.165, 1.54) is 5.56 Å². The summed E-state index contributed by atoms with van der Waals surface area (Å²) in [4.78, 5) is 0. The topological polar surface area (TPSA) is 44.5 Å². The van der Waals surface area contributed by atoms with Gasteiger partial charge in [-0.05, 0) is 24.4 Å². The minimum atomic E-state index is -0.623. The number of rotatable bonds is 4. The first kappa shape index (κ1) is 13.5. The minimum Gasteiger partial charge on any atom is -0.346 e. The second-order valence-electron chi connectivity index (χ2n) is 5.12. The van der Waals surface area contributed by atoms with Gasteiger partial charge in [-0.25, -0.2) is 0 Å². The fraction of sp³-hybridized carbons (Fsp3) is 0.600. The summed E-state index contributed by atoms with van der Waals surface area (Å²) >= 11 is 0. The molecule has 0 aromatic heterocycles. The molecule has 100 valence electrons. The van der Waals surface area contributed by atoms with Crippen LogP contribution in [-0.2, 0) is 15.3 Å². The molecule has 1 fully saturated rings. The molecule has 0 unspecified atom stereocenters. The number of hydrogen-bond donors (Lipinski definition) is 1. The third-order valence-electron chi connectivity index (χ3n) is 3.45. The molecule has 0 aliphatic carbocycles. The van der Waals surface area contributed by atoms with Crippen molar-refractivity contribution in [2.45, 2.75) is 38.4 Å². The second kappa shape index (κ2) is 5.83. The lowest BCUT2D eigenvalue weighted by Crippen LogP contribution is -2.39. The Morgan fingerprint density at radius 1 is 1.17 bits per heavy atom. The van der Waals surface area contributed by atoms with Crippen LogP contribution in [0.5, 0.6) is 0 Å². The van der Waals surface area contributed by atoms with Crippen molar-refractivity contribution >= 4 is 0 Å². The number of nitrogens with two attached hydrogens (primary N) is 1. The van der Waals surface area contributed by atoms with Crippen molar-refractivity contribution in [3.63, 3.8) is 0 Å². The molecule has 1 heterocycles. The van der Waals surface area contributed by atoms with Gasteiger partial charge in [0, 0.05) is 12.0 Å². The minimum absolute atomic E-state index is 0.540. The van der Waals surface area contributed by atoms with E-state index in [-0.39, 0.29) is 0 Å². The lowest BCUT2D eigenvalue weighted by atomic mass is 9.96. The molecule has 1 aromatic carbocycles. The molecule has 18 heavy (non-hydrogen) atoms. The van der Waals surface area contributed by atoms with E-state index < -0.39 is 5.79 Å². The maximum Gasteiger partial charge on any atom is 0.195 e. The highest BCUT2D eigenvalue weighted by molar-refractivity contribution is 5.28. The van der Waals surface area contributed by atoms with Crippen LogP contribution in [0.4, 0.5) is 0 Å². The summed E-state index contributed by atoms with van der Waals surface area (Å²) in [6.45, 7) is 6.43. The number of ether oxygens (including phenoxy) is 2. The van der Waals surface area contributed by atoms with Crippen molar-refractivity contribution in [3.8, 4) is 0 Å². The Morgan fingerprint density at radius 2 is 1.78 bits per heavy atom. The zero-order valence-corrected chi connectivity index (χ0v) is 11.3. The highest BCUT2D eigenvalue weighted by atomic mass is 16.7. The van der Waals surface area contributed by atoms with E-state index in [1.54, 1.807) is 0 Å². The van der Waals surface area contributed by atoms with Gasteiger partial charge in [-0.2, -0.15) is 0 Å². The van der Waals surface area contributed by atoms with Gasteiger partial charge in [0.2, 0.25) is 0 Å². The monoisotopic (exact) mass is 249 g/mol. The molecule has 0 saturated carbocycles. The largest absolute Gasteiger partial charge is 0.346 e. The first-order valence-electron chi connectivity index (χ1n) is 6.76. The van der Waals surface area contributed by atoms with Crippen molar-refractivity contribution in [2.75, 3.05) is 19.8 Å². The van der Waals surface area contributed by atoms with E-state index in [2.05, 4.69) is 38.1 Å². The summed E-state index contributed by atoms with van der Waals surface area (Å²) in [5.74, 6) is -0.0830. The van der Waals surface area contributed by atoms with Crippen molar-refractivity contribution in [1.29, 1.82) is 0 Å². The van der Waals surface area contributed by atoms with E-state index in [0.29, 0.717) is 18.9 Å². The fourth-order valence-corrected chi connectivity index (χ4v) is 2.34. The predicted molar refractivity (Wildman–Crippen MR) is 72.4 cm³/mol. The molecule has 3 nitrogen and oxygen atoms in total. The van der Waals surface area contributed by atoms with Crippen molar-refractivity contribution in [3.05, 3.63) is 35.4 Å². The molecule has 1 aromatic rings. The molecule has 0 spiro atoms. The van der Waals surface area contributed by atoms with Gasteiger partial charge in [0.1, 0.15) is 0 Å². The molecule has 0 bridgehead atoms. The van der Waals surface area contributed by atoms with Crippen LogP contribution in [0.25, 0.3) is 0 Å². The van der Waals surface area contributed by atoms with Crippen LogP contribution >= 0.6 is 0 Å². The Balaban J connectivity index is 2.24. The standard InChI is InChI=1S/C15H23NO2/c1-12(2)13-4-6-14(7-5-13)15(8-9-16)17-10-3-11-18-15/h4-7,12H,3,8-11,16H2,1-2H3. The molecule has 1 saturated heterocycles. The quantitative estimate of drug-likeness (QED) is 0.892. The molecular formula is C15H23NO2. The molecule has 2 N–H and O–H groups in total. The summed E-state index contributed by atoms with van der Waals surface area (Å²) < 4.78 is 11.8. The van der Waals surface area contributed by atoms with Crippen LogP contribution in [0.3, 0.4) is 0 Å².